The lowest BCUT2D eigenvalue weighted by atomic mass is 9.73. The predicted molar refractivity (Wildman–Crippen MR) is 117 cm³/mol. The van der Waals surface area contributed by atoms with Gasteiger partial charge in [-0.2, -0.15) is 0 Å². The van der Waals surface area contributed by atoms with E-state index < -0.39 is 11.0 Å². The standard InChI is InChI=1S/C24H23ClN2O5/c25-15-1-4-20-19(11-15)23(22(29)26-20)5-7-27(8-6-23)9-10-31-16-2-3-18-17(12-16)21(28)32-24(18)13-30-14-24/h1-4,11-12H,5-10,13-14H2,(H,26,29). The summed E-state index contributed by atoms with van der Waals surface area (Å²) < 4.78 is 16.7. The molecule has 2 aromatic carbocycles. The Kier molecular flexibility index (Phi) is 4.51. The number of hydrogen-bond donors (Lipinski definition) is 1. The number of piperidine rings is 1. The van der Waals surface area contributed by atoms with Crippen molar-refractivity contribution < 1.29 is 23.8 Å². The van der Waals surface area contributed by atoms with Crippen molar-refractivity contribution in [3.63, 3.8) is 0 Å². The van der Waals surface area contributed by atoms with E-state index in [1.54, 1.807) is 6.07 Å². The zero-order valence-electron chi connectivity index (χ0n) is 17.5. The number of nitrogens with zero attached hydrogens (tertiary/aromatic N) is 1. The van der Waals surface area contributed by atoms with Gasteiger partial charge in [0.2, 0.25) is 5.91 Å². The lowest BCUT2D eigenvalue weighted by molar-refractivity contribution is -0.179. The molecular weight excluding hydrogens is 432 g/mol. The molecule has 8 heteroatoms. The highest BCUT2D eigenvalue weighted by atomic mass is 35.5. The predicted octanol–water partition coefficient (Wildman–Crippen LogP) is 3.10. The first kappa shape index (κ1) is 20.0. The van der Waals surface area contributed by atoms with Crippen LogP contribution in [0.5, 0.6) is 5.75 Å². The second kappa shape index (κ2) is 7.20. The number of hydrogen-bond acceptors (Lipinski definition) is 6. The van der Waals surface area contributed by atoms with Crippen LogP contribution in [-0.2, 0) is 25.3 Å². The summed E-state index contributed by atoms with van der Waals surface area (Å²) in [6, 6.07) is 11.2. The summed E-state index contributed by atoms with van der Waals surface area (Å²) in [5.74, 6) is 0.417. The Morgan fingerprint density at radius 3 is 2.62 bits per heavy atom. The van der Waals surface area contributed by atoms with Crippen LogP contribution in [0.3, 0.4) is 0 Å². The molecule has 0 aromatic heterocycles. The average molecular weight is 455 g/mol. The number of ether oxygens (including phenoxy) is 3. The molecule has 0 unspecified atom stereocenters. The number of benzene rings is 2. The molecule has 2 fully saturated rings. The first-order valence-corrected chi connectivity index (χ1v) is 11.3. The number of carbonyl (C=O) groups is 2. The van der Waals surface area contributed by atoms with Gasteiger partial charge in [0.15, 0.2) is 5.60 Å². The molecular formula is C24H23ClN2O5. The van der Waals surface area contributed by atoms with Crippen LogP contribution < -0.4 is 10.1 Å². The summed E-state index contributed by atoms with van der Waals surface area (Å²) >= 11 is 6.20. The van der Waals surface area contributed by atoms with Crippen molar-refractivity contribution in [2.24, 2.45) is 0 Å². The van der Waals surface area contributed by atoms with Gasteiger partial charge in [0, 0.05) is 22.8 Å². The molecule has 4 heterocycles. The number of fused-ring (bicyclic) bond motifs is 4. The molecule has 166 valence electrons. The number of likely N-dealkylation sites (tertiary alicyclic amines) is 1. The van der Waals surface area contributed by atoms with Gasteiger partial charge in [-0.1, -0.05) is 17.7 Å². The first-order valence-electron chi connectivity index (χ1n) is 10.9. The van der Waals surface area contributed by atoms with Crippen LogP contribution in [0.1, 0.15) is 34.3 Å². The molecule has 0 saturated carbocycles. The van der Waals surface area contributed by atoms with E-state index in [1.807, 2.05) is 30.3 Å². The Labute approximate surface area is 190 Å². The van der Waals surface area contributed by atoms with Crippen molar-refractivity contribution in [1.29, 1.82) is 0 Å². The number of halogens is 1. The molecule has 2 aromatic rings. The normalized spacial score (nSPS) is 22.3. The maximum atomic E-state index is 12.8. The average Bonchev–Trinajstić information content (AvgIpc) is 3.21. The maximum absolute atomic E-state index is 12.8. The van der Waals surface area contributed by atoms with Crippen molar-refractivity contribution in [2.45, 2.75) is 23.9 Å². The highest BCUT2D eigenvalue weighted by molar-refractivity contribution is 6.31. The van der Waals surface area contributed by atoms with Crippen molar-refractivity contribution in [2.75, 3.05) is 44.8 Å². The first-order chi connectivity index (χ1) is 15.5. The van der Waals surface area contributed by atoms with Crippen molar-refractivity contribution in [1.82, 2.24) is 4.90 Å². The molecule has 32 heavy (non-hydrogen) atoms. The Morgan fingerprint density at radius 2 is 1.88 bits per heavy atom. The summed E-state index contributed by atoms with van der Waals surface area (Å²) in [5.41, 5.74) is 2.27. The SMILES string of the molecule is O=C1OC2(COC2)c2ccc(OCCN3CCC4(CC3)C(=O)Nc3ccc(Cl)cc34)cc21. The number of carbonyl (C=O) groups excluding carboxylic acids is 2. The van der Waals surface area contributed by atoms with Gasteiger partial charge in [0.05, 0.1) is 24.2 Å². The fourth-order valence-electron chi connectivity index (χ4n) is 5.30. The lowest BCUT2D eigenvalue weighted by Gasteiger charge is -2.38. The Balaban J connectivity index is 1.07. The molecule has 1 N–H and O–H groups in total. The van der Waals surface area contributed by atoms with Crippen molar-refractivity contribution in [3.05, 3.63) is 58.1 Å². The second-order valence-electron chi connectivity index (χ2n) is 9.00. The van der Waals surface area contributed by atoms with E-state index in [-0.39, 0.29) is 11.9 Å². The molecule has 1 amide bonds. The summed E-state index contributed by atoms with van der Waals surface area (Å²) in [6.07, 6.45) is 1.50. The van der Waals surface area contributed by atoms with E-state index in [4.69, 9.17) is 25.8 Å². The maximum Gasteiger partial charge on any atom is 0.339 e. The van der Waals surface area contributed by atoms with E-state index in [9.17, 15) is 9.59 Å². The fourth-order valence-corrected chi connectivity index (χ4v) is 5.47. The Hall–Kier alpha value is -2.61. The quantitative estimate of drug-likeness (QED) is 0.715. The van der Waals surface area contributed by atoms with Gasteiger partial charge < -0.3 is 19.5 Å². The van der Waals surface area contributed by atoms with Crippen LogP contribution in [0, 0.1) is 0 Å². The third-order valence-corrected chi connectivity index (χ3v) is 7.46. The van der Waals surface area contributed by atoms with Gasteiger partial charge in [-0.15, -0.1) is 0 Å². The smallest absolute Gasteiger partial charge is 0.339 e. The second-order valence-corrected chi connectivity index (χ2v) is 9.44. The lowest BCUT2D eigenvalue weighted by Crippen LogP contribution is -2.47. The van der Waals surface area contributed by atoms with Gasteiger partial charge >= 0.3 is 5.97 Å². The zero-order chi connectivity index (χ0) is 21.9. The van der Waals surface area contributed by atoms with Crippen LogP contribution in [0.2, 0.25) is 5.02 Å². The van der Waals surface area contributed by atoms with Crippen molar-refractivity contribution >= 4 is 29.2 Å². The summed E-state index contributed by atoms with van der Waals surface area (Å²) in [7, 11) is 0. The number of nitrogens with one attached hydrogen (secondary N) is 1. The largest absolute Gasteiger partial charge is 0.492 e. The highest BCUT2D eigenvalue weighted by Gasteiger charge is 2.51. The minimum absolute atomic E-state index is 0.0744. The van der Waals surface area contributed by atoms with Crippen LogP contribution in [0.25, 0.3) is 0 Å². The molecule has 0 radical (unpaired) electrons. The third-order valence-electron chi connectivity index (χ3n) is 7.23. The van der Waals surface area contributed by atoms with Crippen LogP contribution in [0.15, 0.2) is 36.4 Å². The monoisotopic (exact) mass is 454 g/mol. The Morgan fingerprint density at radius 1 is 1.06 bits per heavy atom. The molecule has 2 spiro atoms. The highest BCUT2D eigenvalue weighted by Crippen LogP contribution is 2.46. The van der Waals surface area contributed by atoms with Gasteiger partial charge in [0.1, 0.15) is 12.4 Å². The minimum Gasteiger partial charge on any atom is -0.492 e. The summed E-state index contributed by atoms with van der Waals surface area (Å²) in [6.45, 7) is 3.70. The number of rotatable bonds is 4. The molecule has 0 atom stereocenters. The molecule has 4 aliphatic rings. The van der Waals surface area contributed by atoms with Crippen molar-refractivity contribution in [3.8, 4) is 5.75 Å². The number of anilines is 1. The molecule has 0 bridgehead atoms. The Bertz CT molecular complexity index is 1120. The van der Waals surface area contributed by atoms with E-state index >= 15 is 0 Å². The van der Waals surface area contributed by atoms with E-state index in [0.717, 1.165) is 49.3 Å². The van der Waals surface area contributed by atoms with E-state index in [0.29, 0.717) is 36.2 Å². The van der Waals surface area contributed by atoms with Crippen LogP contribution in [-0.4, -0.2) is 56.2 Å². The molecule has 4 aliphatic heterocycles. The number of esters is 1. The number of amides is 1. The van der Waals surface area contributed by atoms with E-state index in [1.165, 1.54) is 0 Å². The van der Waals surface area contributed by atoms with E-state index in [2.05, 4.69) is 10.2 Å². The van der Waals surface area contributed by atoms with Gasteiger partial charge in [-0.05, 0) is 61.8 Å². The van der Waals surface area contributed by atoms with Crippen LogP contribution in [0.4, 0.5) is 5.69 Å². The minimum atomic E-state index is -0.593. The molecule has 7 nitrogen and oxygen atoms in total. The topological polar surface area (TPSA) is 77.1 Å². The van der Waals surface area contributed by atoms with Gasteiger partial charge in [-0.25, -0.2) is 4.79 Å². The fraction of sp³-hybridized carbons (Fsp3) is 0.417. The summed E-state index contributed by atoms with van der Waals surface area (Å²) in [4.78, 5) is 27.3. The summed E-state index contributed by atoms with van der Waals surface area (Å²) in [5, 5.41) is 3.67. The molecule has 2 saturated heterocycles. The third kappa shape index (κ3) is 2.95. The van der Waals surface area contributed by atoms with Gasteiger partial charge in [0.25, 0.3) is 0 Å². The molecule has 6 rings (SSSR count). The van der Waals surface area contributed by atoms with Gasteiger partial charge in [-0.3, -0.25) is 9.69 Å². The molecule has 0 aliphatic carbocycles. The zero-order valence-corrected chi connectivity index (χ0v) is 18.2. The van der Waals surface area contributed by atoms with Crippen LogP contribution >= 0.6 is 11.6 Å².